The molecule has 1 heterocycles. The molecule has 3 aromatic carbocycles. The minimum atomic E-state index is -0.385. The van der Waals surface area contributed by atoms with Gasteiger partial charge in [0.1, 0.15) is 23.4 Å². The standard InChI is InChI=1S/C37H49N5O6/c1-26(38)27(2)48-32-15-10-8-13-29(32)36(44)39-30-19-18-28(25-34(30)46-5)37(45)41(4)31-14-9-11-16-33(31)47-24-12-6-7-17-35(43)42-22-20-40(3)21-23-42/h8-11,13-16,18-19,25-27H,6-7,12,17,20-24,38H2,1-5H3,(H,39,44)/t26?,27-/m1/s1. The zero-order valence-electron chi connectivity index (χ0n) is 28.7. The number of anilines is 2. The molecule has 1 unspecified atom stereocenters. The van der Waals surface area contributed by atoms with Gasteiger partial charge in [-0.05, 0) is 82.6 Å². The fourth-order valence-electron chi connectivity index (χ4n) is 5.29. The quantitative estimate of drug-likeness (QED) is 0.217. The van der Waals surface area contributed by atoms with Crippen LogP contribution in [0, 0.1) is 0 Å². The van der Waals surface area contributed by atoms with Gasteiger partial charge in [-0.1, -0.05) is 24.3 Å². The van der Waals surface area contributed by atoms with Crippen LogP contribution >= 0.6 is 0 Å². The number of hydrogen-bond donors (Lipinski definition) is 2. The molecule has 4 rings (SSSR count). The average Bonchev–Trinajstić information content (AvgIpc) is 3.09. The second-order valence-corrected chi connectivity index (χ2v) is 12.2. The SMILES string of the molecule is COc1cc(C(=O)N(C)c2ccccc2OCCCCCC(=O)N2CCN(C)CC2)ccc1NC(=O)c1ccccc1O[C@H](C)C(C)N. The maximum atomic E-state index is 13.6. The van der Waals surface area contributed by atoms with Crippen molar-refractivity contribution in [2.24, 2.45) is 5.73 Å². The number of nitrogens with zero attached hydrogens (tertiary/aromatic N) is 3. The molecule has 3 amide bonds. The topological polar surface area (TPSA) is 127 Å². The Bertz CT molecular complexity index is 1540. The number of piperazine rings is 1. The van der Waals surface area contributed by atoms with Crippen LogP contribution in [0.25, 0.3) is 0 Å². The third-order valence-corrected chi connectivity index (χ3v) is 8.56. The number of methoxy groups -OCH3 is 1. The van der Waals surface area contributed by atoms with E-state index in [0.717, 1.165) is 45.4 Å². The maximum absolute atomic E-state index is 13.6. The summed E-state index contributed by atoms with van der Waals surface area (Å²) in [6.07, 6.45) is 2.76. The van der Waals surface area contributed by atoms with Crippen LogP contribution in [0.1, 0.15) is 60.2 Å². The van der Waals surface area contributed by atoms with E-state index >= 15 is 0 Å². The summed E-state index contributed by atoms with van der Waals surface area (Å²) in [6.45, 7) is 7.61. The van der Waals surface area contributed by atoms with E-state index in [1.807, 2.05) is 43.0 Å². The van der Waals surface area contributed by atoms with E-state index in [1.165, 1.54) is 12.0 Å². The van der Waals surface area contributed by atoms with Crippen molar-refractivity contribution in [3.63, 3.8) is 0 Å². The van der Waals surface area contributed by atoms with Gasteiger partial charge in [0.25, 0.3) is 11.8 Å². The van der Waals surface area contributed by atoms with Crippen molar-refractivity contribution in [1.82, 2.24) is 9.80 Å². The Balaban J connectivity index is 1.34. The summed E-state index contributed by atoms with van der Waals surface area (Å²) < 4.78 is 17.6. The van der Waals surface area contributed by atoms with Crippen molar-refractivity contribution >= 4 is 29.1 Å². The van der Waals surface area contributed by atoms with E-state index in [2.05, 4.69) is 17.3 Å². The molecule has 48 heavy (non-hydrogen) atoms. The second kappa shape index (κ2) is 17.5. The normalized spacial score (nSPS) is 14.5. The Morgan fingerprint density at radius 2 is 1.58 bits per heavy atom. The van der Waals surface area contributed by atoms with Gasteiger partial charge in [-0.15, -0.1) is 0 Å². The predicted molar refractivity (Wildman–Crippen MR) is 188 cm³/mol. The first-order chi connectivity index (χ1) is 23.1. The van der Waals surface area contributed by atoms with Crippen LogP contribution in [0.3, 0.4) is 0 Å². The van der Waals surface area contributed by atoms with Gasteiger partial charge < -0.3 is 40.0 Å². The first kappa shape index (κ1) is 36.2. The summed E-state index contributed by atoms with van der Waals surface area (Å²) in [5.41, 5.74) is 7.71. The highest BCUT2D eigenvalue weighted by Gasteiger charge is 2.22. The van der Waals surface area contributed by atoms with Crippen molar-refractivity contribution in [1.29, 1.82) is 0 Å². The number of nitrogens with two attached hydrogens (primary N) is 1. The zero-order chi connectivity index (χ0) is 34.6. The fourth-order valence-corrected chi connectivity index (χ4v) is 5.29. The molecule has 0 saturated carbocycles. The van der Waals surface area contributed by atoms with Crippen molar-refractivity contribution in [3.05, 3.63) is 77.9 Å². The van der Waals surface area contributed by atoms with Gasteiger partial charge in [0.2, 0.25) is 5.91 Å². The highest BCUT2D eigenvalue weighted by atomic mass is 16.5. The van der Waals surface area contributed by atoms with Gasteiger partial charge in [0.05, 0.1) is 30.7 Å². The van der Waals surface area contributed by atoms with Crippen LogP contribution in [-0.4, -0.2) is 93.7 Å². The van der Waals surface area contributed by atoms with E-state index in [9.17, 15) is 14.4 Å². The van der Waals surface area contributed by atoms with Gasteiger partial charge in [-0.2, -0.15) is 0 Å². The summed E-state index contributed by atoms with van der Waals surface area (Å²) in [7, 11) is 5.25. The molecule has 0 radical (unpaired) electrons. The number of amides is 3. The molecule has 258 valence electrons. The van der Waals surface area contributed by atoms with Crippen molar-refractivity contribution in [2.75, 3.05) is 64.2 Å². The second-order valence-electron chi connectivity index (χ2n) is 12.2. The summed E-state index contributed by atoms with van der Waals surface area (Å²) >= 11 is 0. The van der Waals surface area contributed by atoms with Crippen molar-refractivity contribution < 1.29 is 28.6 Å². The maximum Gasteiger partial charge on any atom is 0.259 e. The number of hydrogen-bond acceptors (Lipinski definition) is 8. The average molecular weight is 660 g/mol. The molecule has 3 aromatic rings. The third kappa shape index (κ3) is 9.71. The molecular formula is C37H49N5O6. The van der Waals surface area contributed by atoms with Crippen LogP contribution in [0.2, 0.25) is 0 Å². The van der Waals surface area contributed by atoms with Crippen LogP contribution in [-0.2, 0) is 4.79 Å². The number of para-hydroxylation sites is 3. The van der Waals surface area contributed by atoms with E-state index in [-0.39, 0.29) is 29.9 Å². The van der Waals surface area contributed by atoms with Crippen molar-refractivity contribution in [2.45, 2.75) is 51.7 Å². The van der Waals surface area contributed by atoms with Gasteiger partial charge in [-0.3, -0.25) is 14.4 Å². The van der Waals surface area contributed by atoms with Crippen LogP contribution in [0.4, 0.5) is 11.4 Å². The van der Waals surface area contributed by atoms with Crippen molar-refractivity contribution in [3.8, 4) is 17.2 Å². The highest BCUT2D eigenvalue weighted by Crippen LogP contribution is 2.32. The molecule has 3 N–H and O–H groups in total. The molecule has 1 aliphatic heterocycles. The Morgan fingerprint density at radius 3 is 2.29 bits per heavy atom. The minimum absolute atomic E-state index is 0.219. The minimum Gasteiger partial charge on any atom is -0.495 e. The van der Waals surface area contributed by atoms with E-state index in [1.54, 1.807) is 49.5 Å². The van der Waals surface area contributed by atoms with E-state index < -0.39 is 0 Å². The van der Waals surface area contributed by atoms with Gasteiger partial charge in [0.15, 0.2) is 0 Å². The molecule has 1 saturated heterocycles. The third-order valence-electron chi connectivity index (χ3n) is 8.56. The van der Waals surface area contributed by atoms with E-state index in [0.29, 0.717) is 52.8 Å². The molecule has 1 aliphatic rings. The largest absolute Gasteiger partial charge is 0.495 e. The number of carbonyl (C=O) groups is 3. The van der Waals surface area contributed by atoms with Crippen LogP contribution in [0.15, 0.2) is 66.7 Å². The molecule has 0 spiro atoms. The summed E-state index contributed by atoms with van der Waals surface area (Å²) in [6, 6.07) is 19.0. The number of nitrogens with one attached hydrogen (secondary N) is 1. The number of likely N-dealkylation sites (N-methyl/N-ethyl adjacent to an activating group) is 1. The summed E-state index contributed by atoms with van der Waals surface area (Å²) in [5.74, 6) is 0.920. The Kier molecular flexibility index (Phi) is 13.2. The highest BCUT2D eigenvalue weighted by molar-refractivity contribution is 6.09. The first-order valence-electron chi connectivity index (χ1n) is 16.6. The Hall–Kier alpha value is -4.61. The number of unbranched alkanes of at least 4 members (excludes halogenated alkanes) is 2. The lowest BCUT2D eigenvalue weighted by Crippen LogP contribution is -2.47. The Morgan fingerprint density at radius 1 is 0.896 bits per heavy atom. The number of rotatable bonds is 15. The first-order valence-corrected chi connectivity index (χ1v) is 16.6. The summed E-state index contributed by atoms with van der Waals surface area (Å²) in [5, 5.41) is 2.88. The lowest BCUT2D eigenvalue weighted by molar-refractivity contribution is -0.132. The number of ether oxygens (including phenoxy) is 3. The zero-order valence-corrected chi connectivity index (χ0v) is 28.7. The lowest BCUT2D eigenvalue weighted by atomic mass is 10.1. The predicted octanol–water partition coefficient (Wildman–Crippen LogP) is 5.05. The number of carbonyl (C=O) groups excluding carboxylic acids is 3. The monoisotopic (exact) mass is 659 g/mol. The molecule has 1 fully saturated rings. The Labute approximate surface area is 283 Å². The van der Waals surface area contributed by atoms with Gasteiger partial charge in [0, 0.05) is 51.3 Å². The molecule has 11 nitrogen and oxygen atoms in total. The molecule has 0 aromatic heterocycles. The molecule has 11 heteroatoms. The van der Waals surface area contributed by atoms with Gasteiger partial charge in [-0.25, -0.2) is 0 Å². The van der Waals surface area contributed by atoms with Gasteiger partial charge >= 0.3 is 0 Å². The fraction of sp³-hybridized carbons (Fsp3) is 0.432. The molecular weight excluding hydrogens is 610 g/mol. The van der Waals surface area contributed by atoms with E-state index in [4.69, 9.17) is 19.9 Å². The molecule has 2 atom stereocenters. The molecule has 0 aliphatic carbocycles. The van der Waals surface area contributed by atoms with Crippen LogP contribution < -0.4 is 30.2 Å². The van der Waals surface area contributed by atoms with Crippen LogP contribution in [0.5, 0.6) is 17.2 Å². The molecule has 0 bridgehead atoms. The smallest absolute Gasteiger partial charge is 0.259 e. The number of benzene rings is 3. The lowest BCUT2D eigenvalue weighted by Gasteiger charge is -2.32. The summed E-state index contributed by atoms with van der Waals surface area (Å²) in [4.78, 5) is 45.1.